The molecule has 1 N–H and O–H groups in total. The molecule has 0 radical (unpaired) electrons. The van der Waals surface area contributed by atoms with Gasteiger partial charge in [0.15, 0.2) is 11.5 Å². The fraction of sp³-hybridized carbons (Fsp3) is 0.238. The third-order valence-corrected chi connectivity index (χ3v) is 4.32. The van der Waals surface area contributed by atoms with Gasteiger partial charge in [0.25, 0.3) is 5.91 Å². The van der Waals surface area contributed by atoms with E-state index < -0.39 is 5.91 Å². The standard InChI is InChI=1S/C21H21BrN2O3/c1-4-26-19-11-15(18(22)12-20(19)27-5-2)10-16(13-23)21(25)24-17-8-6-14(3)7-9-17/h6-12H,4-5H2,1-3H3,(H,24,25)/b16-10-. The van der Waals surface area contributed by atoms with Crippen LogP contribution in [-0.2, 0) is 4.79 Å². The fourth-order valence-electron chi connectivity index (χ4n) is 2.34. The number of hydrogen-bond donors (Lipinski definition) is 1. The zero-order chi connectivity index (χ0) is 19.8. The molecule has 0 spiro atoms. The second-order valence-corrected chi connectivity index (χ2v) is 6.53. The van der Waals surface area contributed by atoms with Crippen molar-refractivity contribution < 1.29 is 14.3 Å². The molecule has 0 saturated heterocycles. The molecular formula is C21H21BrN2O3. The summed E-state index contributed by atoms with van der Waals surface area (Å²) in [4.78, 5) is 12.5. The number of nitriles is 1. The van der Waals surface area contributed by atoms with Crippen molar-refractivity contribution in [1.29, 1.82) is 5.26 Å². The van der Waals surface area contributed by atoms with E-state index in [1.807, 2.05) is 39.0 Å². The van der Waals surface area contributed by atoms with Crippen LogP contribution in [0.3, 0.4) is 0 Å². The molecule has 140 valence electrons. The van der Waals surface area contributed by atoms with Gasteiger partial charge >= 0.3 is 0 Å². The summed E-state index contributed by atoms with van der Waals surface area (Å²) in [7, 11) is 0. The smallest absolute Gasteiger partial charge is 0.266 e. The molecule has 2 rings (SSSR count). The van der Waals surface area contributed by atoms with Crippen LogP contribution in [0.25, 0.3) is 6.08 Å². The second-order valence-electron chi connectivity index (χ2n) is 5.68. The first-order chi connectivity index (χ1) is 13.0. The number of nitrogens with one attached hydrogen (secondary N) is 1. The van der Waals surface area contributed by atoms with E-state index in [-0.39, 0.29) is 5.57 Å². The summed E-state index contributed by atoms with van der Waals surface area (Å²) in [5, 5.41) is 12.2. The third-order valence-electron chi connectivity index (χ3n) is 3.64. The lowest BCUT2D eigenvalue weighted by Gasteiger charge is -2.13. The van der Waals surface area contributed by atoms with Gasteiger partial charge in [0, 0.05) is 10.2 Å². The van der Waals surface area contributed by atoms with Gasteiger partial charge in [-0.2, -0.15) is 5.26 Å². The van der Waals surface area contributed by atoms with Gasteiger partial charge in [-0.3, -0.25) is 4.79 Å². The van der Waals surface area contributed by atoms with Crippen LogP contribution in [0.15, 0.2) is 46.4 Å². The Morgan fingerprint density at radius 3 is 2.30 bits per heavy atom. The summed E-state index contributed by atoms with van der Waals surface area (Å²) in [5.74, 6) is 0.691. The van der Waals surface area contributed by atoms with Crippen LogP contribution in [0.5, 0.6) is 11.5 Å². The molecule has 1 amide bonds. The molecule has 0 unspecified atom stereocenters. The molecular weight excluding hydrogens is 408 g/mol. The molecule has 2 aromatic rings. The molecule has 27 heavy (non-hydrogen) atoms. The number of halogens is 1. The largest absolute Gasteiger partial charge is 0.490 e. The summed E-state index contributed by atoms with van der Waals surface area (Å²) >= 11 is 3.46. The van der Waals surface area contributed by atoms with E-state index in [0.717, 1.165) is 5.56 Å². The molecule has 0 saturated carbocycles. The minimum Gasteiger partial charge on any atom is -0.490 e. The van der Waals surface area contributed by atoms with Crippen molar-refractivity contribution >= 4 is 33.6 Å². The van der Waals surface area contributed by atoms with Gasteiger partial charge in [0.1, 0.15) is 11.6 Å². The zero-order valence-corrected chi connectivity index (χ0v) is 17.1. The van der Waals surface area contributed by atoms with Crippen molar-refractivity contribution in [2.24, 2.45) is 0 Å². The van der Waals surface area contributed by atoms with Crippen LogP contribution in [0.1, 0.15) is 25.0 Å². The SMILES string of the molecule is CCOc1cc(Br)c(/C=C(/C#N)C(=O)Nc2ccc(C)cc2)cc1OCC. The van der Waals surface area contributed by atoms with Crippen LogP contribution in [0.2, 0.25) is 0 Å². The van der Waals surface area contributed by atoms with Crippen molar-refractivity contribution in [3.8, 4) is 17.6 Å². The van der Waals surface area contributed by atoms with Gasteiger partial charge in [-0.1, -0.05) is 33.6 Å². The molecule has 0 bridgehead atoms. The maximum atomic E-state index is 12.5. The Morgan fingerprint density at radius 2 is 1.74 bits per heavy atom. The Hall–Kier alpha value is -2.78. The van der Waals surface area contributed by atoms with E-state index >= 15 is 0 Å². The maximum absolute atomic E-state index is 12.5. The normalized spacial score (nSPS) is 10.9. The lowest BCUT2D eigenvalue weighted by atomic mass is 10.1. The number of amides is 1. The number of anilines is 1. The first-order valence-corrected chi connectivity index (χ1v) is 9.36. The molecule has 0 aromatic heterocycles. The number of nitrogens with zero attached hydrogens (tertiary/aromatic N) is 1. The van der Waals surface area contributed by atoms with E-state index in [9.17, 15) is 10.1 Å². The monoisotopic (exact) mass is 428 g/mol. The minimum absolute atomic E-state index is 0.0112. The number of carbonyl (C=O) groups is 1. The van der Waals surface area contributed by atoms with Gasteiger partial charge in [0.05, 0.1) is 13.2 Å². The van der Waals surface area contributed by atoms with Gasteiger partial charge in [-0.05, 0) is 56.7 Å². The summed E-state index contributed by atoms with van der Waals surface area (Å²) in [6.45, 7) is 6.71. The highest BCUT2D eigenvalue weighted by molar-refractivity contribution is 9.10. The summed E-state index contributed by atoms with van der Waals surface area (Å²) in [5.41, 5.74) is 2.36. The van der Waals surface area contributed by atoms with Gasteiger partial charge in [-0.25, -0.2) is 0 Å². The molecule has 0 heterocycles. The van der Waals surface area contributed by atoms with Crippen molar-refractivity contribution in [2.75, 3.05) is 18.5 Å². The average Bonchev–Trinajstić information content (AvgIpc) is 2.65. The van der Waals surface area contributed by atoms with Crippen molar-refractivity contribution in [3.63, 3.8) is 0 Å². The molecule has 0 fully saturated rings. The number of aryl methyl sites for hydroxylation is 1. The molecule has 0 aliphatic rings. The highest BCUT2D eigenvalue weighted by Crippen LogP contribution is 2.35. The first kappa shape index (κ1) is 20.5. The van der Waals surface area contributed by atoms with Gasteiger partial charge < -0.3 is 14.8 Å². The number of benzene rings is 2. The Bertz CT molecular complexity index is 884. The predicted molar refractivity (Wildman–Crippen MR) is 110 cm³/mol. The second kappa shape index (κ2) is 9.79. The Labute approximate surface area is 167 Å². The fourth-order valence-corrected chi connectivity index (χ4v) is 2.77. The molecule has 5 nitrogen and oxygen atoms in total. The van der Waals surface area contributed by atoms with Crippen molar-refractivity contribution in [3.05, 3.63) is 57.6 Å². The number of hydrogen-bond acceptors (Lipinski definition) is 4. The Balaban J connectivity index is 2.32. The van der Waals surface area contributed by atoms with Gasteiger partial charge in [0.2, 0.25) is 0 Å². The quantitative estimate of drug-likeness (QED) is 0.491. The zero-order valence-electron chi connectivity index (χ0n) is 15.5. The predicted octanol–water partition coefficient (Wildman–Crippen LogP) is 5.10. The minimum atomic E-state index is -0.472. The van der Waals surface area contributed by atoms with Crippen LogP contribution in [0.4, 0.5) is 5.69 Å². The lowest BCUT2D eigenvalue weighted by Crippen LogP contribution is -2.13. The van der Waals surface area contributed by atoms with Crippen LogP contribution < -0.4 is 14.8 Å². The van der Waals surface area contributed by atoms with E-state index in [1.54, 1.807) is 24.3 Å². The van der Waals surface area contributed by atoms with Crippen molar-refractivity contribution in [1.82, 2.24) is 0 Å². The highest BCUT2D eigenvalue weighted by atomic mass is 79.9. The first-order valence-electron chi connectivity index (χ1n) is 8.57. The third kappa shape index (κ3) is 5.60. The van der Waals surface area contributed by atoms with Crippen LogP contribution >= 0.6 is 15.9 Å². The summed E-state index contributed by atoms with van der Waals surface area (Å²) in [6, 6.07) is 12.8. The average molecular weight is 429 g/mol. The number of carbonyl (C=O) groups excluding carboxylic acids is 1. The highest BCUT2D eigenvalue weighted by Gasteiger charge is 2.14. The number of rotatable bonds is 7. The summed E-state index contributed by atoms with van der Waals surface area (Å²) < 4.78 is 11.9. The van der Waals surface area contributed by atoms with Crippen LogP contribution in [0, 0.1) is 18.3 Å². The van der Waals surface area contributed by atoms with E-state index in [1.165, 1.54) is 6.08 Å². The molecule has 0 atom stereocenters. The molecule has 2 aromatic carbocycles. The topological polar surface area (TPSA) is 71.3 Å². The number of ether oxygens (including phenoxy) is 2. The Kier molecular flexibility index (Phi) is 7.44. The van der Waals surface area contributed by atoms with E-state index in [4.69, 9.17) is 9.47 Å². The molecule has 6 heteroatoms. The van der Waals surface area contributed by atoms with E-state index in [0.29, 0.717) is 40.4 Å². The van der Waals surface area contributed by atoms with Gasteiger partial charge in [-0.15, -0.1) is 0 Å². The summed E-state index contributed by atoms with van der Waals surface area (Å²) in [6.07, 6.45) is 1.52. The van der Waals surface area contributed by atoms with E-state index in [2.05, 4.69) is 21.2 Å². The van der Waals surface area contributed by atoms with Crippen molar-refractivity contribution in [2.45, 2.75) is 20.8 Å². The Morgan fingerprint density at radius 1 is 1.15 bits per heavy atom. The van der Waals surface area contributed by atoms with Crippen LogP contribution in [-0.4, -0.2) is 19.1 Å². The molecule has 0 aliphatic heterocycles. The molecule has 0 aliphatic carbocycles. The lowest BCUT2D eigenvalue weighted by molar-refractivity contribution is -0.112. The maximum Gasteiger partial charge on any atom is 0.266 e.